The number of rotatable bonds is 0. The molecule has 1 aliphatic heterocycles. The lowest BCUT2D eigenvalue weighted by Crippen LogP contribution is -2.40. The summed E-state index contributed by atoms with van der Waals surface area (Å²) < 4.78 is 5.62. The molecule has 0 aromatic rings. The predicted molar refractivity (Wildman–Crippen MR) is 69.2 cm³/mol. The van der Waals surface area contributed by atoms with Gasteiger partial charge in [-0.2, -0.15) is 0 Å². The molecule has 3 aliphatic rings. The molecular formula is C15H24O4. The van der Waals surface area contributed by atoms with Gasteiger partial charge in [-0.25, -0.2) is 0 Å². The van der Waals surface area contributed by atoms with Crippen LogP contribution >= 0.6 is 0 Å². The van der Waals surface area contributed by atoms with E-state index in [0.29, 0.717) is 12.8 Å². The Hall–Kier alpha value is -0.610. The molecule has 0 bridgehead atoms. The molecule has 0 unspecified atom stereocenters. The van der Waals surface area contributed by atoms with Gasteiger partial charge in [0.05, 0.1) is 17.6 Å². The molecule has 0 spiro atoms. The molecular weight excluding hydrogens is 244 g/mol. The fourth-order valence-corrected chi connectivity index (χ4v) is 4.66. The van der Waals surface area contributed by atoms with Gasteiger partial charge in [-0.15, -0.1) is 0 Å². The maximum absolute atomic E-state index is 11.8. The van der Waals surface area contributed by atoms with Gasteiger partial charge in [-0.3, -0.25) is 4.79 Å². The van der Waals surface area contributed by atoms with Gasteiger partial charge in [0, 0.05) is 11.8 Å². The molecule has 8 atom stereocenters. The number of aliphatic hydroxyl groups excluding tert-OH is 1. The molecule has 1 saturated heterocycles. The second kappa shape index (κ2) is 4.19. The highest BCUT2D eigenvalue weighted by atomic mass is 16.6. The Morgan fingerprint density at radius 1 is 1.37 bits per heavy atom. The minimum atomic E-state index is -0.757. The third kappa shape index (κ3) is 1.83. The van der Waals surface area contributed by atoms with Gasteiger partial charge >= 0.3 is 5.97 Å². The van der Waals surface area contributed by atoms with Gasteiger partial charge < -0.3 is 14.9 Å². The van der Waals surface area contributed by atoms with Crippen LogP contribution in [0.2, 0.25) is 0 Å². The third-order valence-electron chi connectivity index (χ3n) is 6.02. The smallest absolute Gasteiger partial charge is 0.309 e. The van der Waals surface area contributed by atoms with Gasteiger partial charge in [-0.1, -0.05) is 13.8 Å². The average Bonchev–Trinajstić information content (AvgIpc) is 2.74. The van der Waals surface area contributed by atoms with E-state index in [1.165, 1.54) is 0 Å². The summed E-state index contributed by atoms with van der Waals surface area (Å²) in [5, 5.41) is 20.9. The van der Waals surface area contributed by atoms with Crippen molar-refractivity contribution in [2.45, 2.75) is 57.8 Å². The molecule has 1 heterocycles. The van der Waals surface area contributed by atoms with Gasteiger partial charge in [0.2, 0.25) is 0 Å². The van der Waals surface area contributed by atoms with Crippen molar-refractivity contribution >= 4 is 5.97 Å². The first-order chi connectivity index (χ1) is 8.83. The molecule has 2 saturated carbocycles. The molecule has 3 fully saturated rings. The molecule has 2 N–H and O–H groups in total. The molecule has 0 amide bonds. The van der Waals surface area contributed by atoms with Crippen molar-refractivity contribution in [3.8, 4) is 0 Å². The lowest BCUT2D eigenvalue weighted by atomic mass is 9.76. The van der Waals surface area contributed by atoms with Crippen molar-refractivity contribution in [1.29, 1.82) is 0 Å². The maximum Gasteiger partial charge on any atom is 0.309 e. The van der Waals surface area contributed by atoms with Crippen molar-refractivity contribution in [3.05, 3.63) is 0 Å². The minimum absolute atomic E-state index is 0.0330. The first-order valence-electron chi connectivity index (χ1n) is 7.44. The van der Waals surface area contributed by atoms with E-state index >= 15 is 0 Å². The fourth-order valence-electron chi connectivity index (χ4n) is 4.66. The van der Waals surface area contributed by atoms with Gasteiger partial charge in [0.1, 0.15) is 6.10 Å². The number of esters is 1. The van der Waals surface area contributed by atoms with E-state index in [1.807, 2.05) is 20.8 Å². The highest BCUT2D eigenvalue weighted by Gasteiger charge is 2.59. The number of hydrogen-bond donors (Lipinski definition) is 2. The van der Waals surface area contributed by atoms with Crippen LogP contribution in [0.25, 0.3) is 0 Å². The molecule has 0 aromatic carbocycles. The maximum atomic E-state index is 11.8. The summed E-state index contributed by atoms with van der Waals surface area (Å²) in [4.78, 5) is 11.8. The SMILES string of the molecule is C[C@@H]1[C@@H]2[C@H]3OC(=O)[C@@H](C)[C@@H]3CC[C@@](C)(O)[C@@H]2C[C@@H]1O. The number of hydrogen-bond acceptors (Lipinski definition) is 4. The zero-order valence-electron chi connectivity index (χ0n) is 11.9. The molecule has 2 aliphatic carbocycles. The van der Waals surface area contributed by atoms with Crippen LogP contribution in [0.1, 0.15) is 40.0 Å². The molecule has 19 heavy (non-hydrogen) atoms. The van der Waals surface area contributed by atoms with Gasteiger partial charge in [0.15, 0.2) is 0 Å². The van der Waals surface area contributed by atoms with E-state index in [4.69, 9.17) is 4.74 Å². The Morgan fingerprint density at radius 3 is 2.74 bits per heavy atom. The van der Waals surface area contributed by atoms with Crippen molar-refractivity contribution in [2.24, 2.45) is 29.6 Å². The van der Waals surface area contributed by atoms with Crippen LogP contribution < -0.4 is 0 Å². The van der Waals surface area contributed by atoms with Crippen LogP contribution in [-0.4, -0.2) is 34.0 Å². The van der Waals surface area contributed by atoms with Gasteiger partial charge in [0.25, 0.3) is 0 Å². The second-order valence-electron chi connectivity index (χ2n) is 7.10. The van der Waals surface area contributed by atoms with Crippen molar-refractivity contribution < 1.29 is 19.7 Å². The van der Waals surface area contributed by atoms with E-state index < -0.39 is 11.7 Å². The monoisotopic (exact) mass is 268 g/mol. The first-order valence-corrected chi connectivity index (χ1v) is 7.44. The number of ether oxygens (including phenoxy) is 1. The third-order valence-corrected chi connectivity index (χ3v) is 6.02. The lowest BCUT2D eigenvalue weighted by Gasteiger charge is -2.34. The van der Waals surface area contributed by atoms with Gasteiger partial charge in [-0.05, 0) is 38.0 Å². The Labute approximate surface area is 114 Å². The Morgan fingerprint density at radius 2 is 2.05 bits per heavy atom. The number of fused-ring (bicyclic) bond motifs is 3. The van der Waals surface area contributed by atoms with Crippen LogP contribution in [0.15, 0.2) is 0 Å². The lowest BCUT2D eigenvalue weighted by molar-refractivity contribution is -0.148. The summed E-state index contributed by atoms with van der Waals surface area (Å²) in [6.07, 6.45) is 1.63. The zero-order valence-corrected chi connectivity index (χ0v) is 11.9. The number of carbonyl (C=O) groups excluding carboxylic acids is 1. The summed E-state index contributed by atoms with van der Waals surface area (Å²) in [5.74, 6) is 0.215. The van der Waals surface area contributed by atoms with E-state index in [-0.39, 0.29) is 41.7 Å². The summed E-state index contributed by atoms with van der Waals surface area (Å²) >= 11 is 0. The summed E-state index contributed by atoms with van der Waals surface area (Å²) in [5.41, 5.74) is -0.757. The molecule has 4 heteroatoms. The van der Waals surface area contributed by atoms with Crippen molar-refractivity contribution in [2.75, 3.05) is 0 Å². The van der Waals surface area contributed by atoms with E-state index in [2.05, 4.69) is 0 Å². The van der Waals surface area contributed by atoms with E-state index in [0.717, 1.165) is 6.42 Å². The number of aliphatic hydroxyl groups is 2. The average molecular weight is 268 g/mol. The van der Waals surface area contributed by atoms with Crippen LogP contribution in [0.5, 0.6) is 0 Å². The van der Waals surface area contributed by atoms with Crippen molar-refractivity contribution in [3.63, 3.8) is 0 Å². The van der Waals surface area contributed by atoms with Crippen LogP contribution in [0, 0.1) is 29.6 Å². The topological polar surface area (TPSA) is 66.8 Å². The van der Waals surface area contributed by atoms with Crippen LogP contribution in [0.4, 0.5) is 0 Å². The number of carbonyl (C=O) groups is 1. The van der Waals surface area contributed by atoms with Crippen LogP contribution in [0.3, 0.4) is 0 Å². The summed E-state index contributed by atoms with van der Waals surface area (Å²) in [7, 11) is 0. The molecule has 0 aromatic heterocycles. The minimum Gasteiger partial charge on any atom is -0.462 e. The molecule has 108 valence electrons. The Balaban J connectivity index is 1.98. The molecule has 0 radical (unpaired) electrons. The highest BCUT2D eigenvalue weighted by Crippen LogP contribution is 2.54. The normalized spacial score (nSPS) is 57.3. The summed E-state index contributed by atoms with van der Waals surface area (Å²) in [6, 6.07) is 0. The second-order valence-corrected chi connectivity index (χ2v) is 7.10. The molecule has 4 nitrogen and oxygen atoms in total. The highest BCUT2D eigenvalue weighted by molar-refractivity contribution is 5.75. The largest absolute Gasteiger partial charge is 0.462 e. The Kier molecular flexibility index (Phi) is 2.95. The first kappa shape index (κ1) is 13.4. The standard InChI is InChI=1S/C15H24O4/c1-7-9-4-5-15(3,18)10-6-11(16)8(2)12(10)13(9)19-14(7)17/h7-13,16,18H,4-6H2,1-3H3/t7-,8-,9-,10+,11-,12-,13-,15+/m0/s1. The summed E-state index contributed by atoms with van der Waals surface area (Å²) in [6.45, 7) is 5.83. The Bertz CT molecular complexity index is 392. The zero-order chi connectivity index (χ0) is 13.9. The molecule has 3 rings (SSSR count). The van der Waals surface area contributed by atoms with Crippen LogP contribution in [-0.2, 0) is 9.53 Å². The predicted octanol–water partition coefficient (Wildman–Crippen LogP) is 1.34. The van der Waals surface area contributed by atoms with E-state index in [9.17, 15) is 15.0 Å². The fraction of sp³-hybridized carbons (Fsp3) is 0.933. The quantitative estimate of drug-likeness (QED) is 0.651. The van der Waals surface area contributed by atoms with Crippen molar-refractivity contribution in [1.82, 2.24) is 0 Å². The van der Waals surface area contributed by atoms with E-state index in [1.54, 1.807) is 0 Å².